The fourth-order valence-electron chi connectivity index (χ4n) is 4.13. The molecule has 140 valence electrons. The molecule has 0 bridgehead atoms. The van der Waals surface area contributed by atoms with Crippen molar-refractivity contribution in [3.05, 3.63) is 34.9 Å². The van der Waals surface area contributed by atoms with Gasteiger partial charge in [0.25, 0.3) is 0 Å². The summed E-state index contributed by atoms with van der Waals surface area (Å²) in [5.74, 6) is 0.857. The lowest BCUT2D eigenvalue weighted by atomic mass is 9.55. The van der Waals surface area contributed by atoms with Gasteiger partial charge in [0.05, 0.1) is 6.17 Å². The van der Waals surface area contributed by atoms with Crippen LogP contribution >= 0.6 is 11.6 Å². The topological polar surface area (TPSA) is 55.1 Å². The number of nitrogens with two attached hydrogens (primary N) is 1. The van der Waals surface area contributed by atoms with Crippen molar-refractivity contribution in [3.63, 3.8) is 0 Å². The van der Waals surface area contributed by atoms with Crippen LogP contribution in [-0.4, -0.2) is 12.1 Å². The molecule has 0 spiro atoms. The van der Waals surface area contributed by atoms with Crippen LogP contribution in [-0.2, 0) is 10.2 Å². The van der Waals surface area contributed by atoms with Crippen LogP contribution in [0.1, 0.15) is 71.3 Å². The quantitative estimate of drug-likeness (QED) is 0.605. The van der Waals surface area contributed by atoms with Crippen molar-refractivity contribution in [1.82, 2.24) is 5.32 Å². The van der Waals surface area contributed by atoms with Gasteiger partial charge in [-0.25, -0.2) is 0 Å². The number of amides is 1. The molecule has 0 aliphatic heterocycles. The Morgan fingerprint density at radius 1 is 1.28 bits per heavy atom. The van der Waals surface area contributed by atoms with Crippen LogP contribution in [0.5, 0.6) is 0 Å². The second kappa shape index (κ2) is 9.05. The minimum atomic E-state index is -0.303. The average molecular weight is 365 g/mol. The monoisotopic (exact) mass is 364 g/mol. The molecule has 0 heterocycles. The fraction of sp³-hybridized carbons (Fsp3) is 0.667. The van der Waals surface area contributed by atoms with Gasteiger partial charge < -0.3 is 11.1 Å². The van der Waals surface area contributed by atoms with Crippen molar-refractivity contribution in [2.45, 2.75) is 77.3 Å². The number of halogens is 1. The van der Waals surface area contributed by atoms with Crippen molar-refractivity contribution in [2.75, 3.05) is 0 Å². The van der Waals surface area contributed by atoms with Gasteiger partial charge in [-0.05, 0) is 49.3 Å². The molecule has 1 aromatic rings. The summed E-state index contributed by atoms with van der Waals surface area (Å²) in [5, 5.41) is 3.85. The highest BCUT2D eigenvalue weighted by atomic mass is 35.5. The zero-order chi connectivity index (χ0) is 18.4. The van der Waals surface area contributed by atoms with Crippen molar-refractivity contribution < 1.29 is 4.79 Å². The Kier molecular flexibility index (Phi) is 7.33. The molecule has 1 fully saturated rings. The first-order chi connectivity index (χ1) is 11.9. The highest BCUT2D eigenvalue weighted by Crippen LogP contribution is 2.52. The second-order valence-corrected chi connectivity index (χ2v) is 8.39. The first-order valence-corrected chi connectivity index (χ1v) is 10.1. The minimum absolute atomic E-state index is 0.0618. The molecule has 1 unspecified atom stereocenters. The Labute approximate surface area is 157 Å². The zero-order valence-electron chi connectivity index (χ0n) is 15.9. The summed E-state index contributed by atoms with van der Waals surface area (Å²) in [5.41, 5.74) is 7.92. The van der Waals surface area contributed by atoms with Crippen LogP contribution in [0.25, 0.3) is 0 Å². The molecular weight excluding hydrogens is 332 g/mol. The molecule has 3 nitrogen and oxygen atoms in total. The van der Waals surface area contributed by atoms with Crippen LogP contribution in [0, 0.1) is 11.8 Å². The van der Waals surface area contributed by atoms with Crippen molar-refractivity contribution in [1.29, 1.82) is 0 Å². The summed E-state index contributed by atoms with van der Waals surface area (Å²) >= 11 is 6.09. The average Bonchev–Trinajstić information content (AvgIpc) is 2.52. The molecule has 1 aromatic carbocycles. The Hall–Kier alpha value is -1.06. The molecule has 0 radical (unpaired) electrons. The van der Waals surface area contributed by atoms with Gasteiger partial charge in [-0.3, -0.25) is 4.79 Å². The predicted molar refractivity (Wildman–Crippen MR) is 106 cm³/mol. The predicted octanol–water partition coefficient (Wildman–Crippen LogP) is 5.02. The van der Waals surface area contributed by atoms with Gasteiger partial charge in [-0.1, -0.05) is 57.3 Å². The van der Waals surface area contributed by atoms with E-state index in [1.54, 1.807) is 0 Å². The highest BCUT2D eigenvalue weighted by Gasteiger charge is 2.47. The molecule has 25 heavy (non-hydrogen) atoms. The lowest BCUT2D eigenvalue weighted by Gasteiger charge is -2.51. The van der Waals surface area contributed by atoms with Gasteiger partial charge in [0.2, 0.25) is 5.91 Å². The minimum Gasteiger partial charge on any atom is -0.341 e. The molecular formula is C21H33ClN2O. The third-order valence-corrected chi connectivity index (χ3v) is 5.87. The molecule has 3 N–H and O–H groups in total. The van der Waals surface area contributed by atoms with Crippen LogP contribution in [0.2, 0.25) is 5.02 Å². The van der Waals surface area contributed by atoms with Gasteiger partial charge in [-0.2, -0.15) is 0 Å². The Morgan fingerprint density at radius 3 is 2.40 bits per heavy atom. The number of unbranched alkanes of at least 4 members (excludes halogenated alkanes) is 1. The summed E-state index contributed by atoms with van der Waals surface area (Å²) in [6.07, 6.45) is 6.68. The van der Waals surface area contributed by atoms with E-state index in [4.69, 9.17) is 17.3 Å². The molecule has 1 saturated carbocycles. The molecule has 2 rings (SSSR count). The van der Waals surface area contributed by atoms with Gasteiger partial charge in [0, 0.05) is 22.8 Å². The lowest BCUT2D eigenvalue weighted by Crippen LogP contribution is -2.56. The summed E-state index contributed by atoms with van der Waals surface area (Å²) in [6, 6.07) is 8.21. The summed E-state index contributed by atoms with van der Waals surface area (Å²) < 4.78 is 0. The van der Waals surface area contributed by atoms with Crippen LogP contribution in [0.4, 0.5) is 0 Å². The Balaban J connectivity index is 2.22. The highest BCUT2D eigenvalue weighted by molar-refractivity contribution is 6.30. The number of carbonyl (C=O) groups is 1. The molecule has 0 saturated heterocycles. The number of hydrogen-bond acceptors (Lipinski definition) is 2. The smallest absolute Gasteiger partial charge is 0.221 e. The first kappa shape index (κ1) is 20.3. The van der Waals surface area contributed by atoms with E-state index in [0.29, 0.717) is 12.3 Å². The lowest BCUT2D eigenvalue weighted by molar-refractivity contribution is -0.122. The number of rotatable bonds is 9. The van der Waals surface area contributed by atoms with E-state index >= 15 is 0 Å². The zero-order valence-corrected chi connectivity index (χ0v) is 16.6. The van der Waals surface area contributed by atoms with E-state index in [0.717, 1.165) is 37.1 Å². The fourth-order valence-corrected chi connectivity index (χ4v) is 4.26. The van der Waals surface area contributed by atoms with Gasteiger partial charge >= 0.3 is 0 Å². The third kappa shape index (κ3) is 4.98. The maximum absolute atomic E-state index is 12.2. The molecule has 1 aliphatic carbocycles. The SMILES string of the molecule is CCCCC(=O)NC(N)[C@@H](CC(C)C)C1(c2ccc(Cl)cc2)CCC1. The number of nitrogens with one attached hydrogen (secondary N) is 1. The van der Waals surface area contributed by atoms with E-state index in [9.17, 15) is 4.79 Å². The van der Waals surface area contributed by atoms with Crippen molar-refractivity contribution >= 4 is 17.5 Å². The van der Waals surface area contributed by atoms with Crippen LogP contribution in [0.15, 0.2) is 24.3 Å². The van der Waals surface area contributed by atoms with E-state index < -0.39 is 0 Å². The standard InChI is InChI=1S/C21H33ClN2O/c1-4-5-7-19(25)24-20(23)18(14-15(2)3)21(12-6-13-21)16-8-10-17(22)11-9-16/h8-11,15,18,20H,4-7,12-14,23H2,1-3H3,(H,24,25)/t18-,20?/m1/s1. The molecule has 2 atom stereocenters. The molecule has 1 aliphatic rings. The molecule has 1 amide bonds. The molecule has 0 aromatic heterocycles. The van der Waals surface area contributed by atoms with E-state index in [1.807, 2.05) is 12.1 Å². The summed E-state index contributed by atoms with van der Waals surface area (Å²) in [4.78, 5) is 12.2. The maximum Gasteiger partial charge on any atom is 0.221 e. The summed E-state index contributed by atoms with van der Waals surface area (Å²) in [7, 11) is 0. The number of hydrogen-bond donors (Lipinski definition) is 2. The van der Waals surface area contributed by atoms with Gasteiger partial charge in [-0.15, -0.1) is 0 Å². The summed E-state index contributed by atoms with van der Waals surface area (Å²) in [6.45, 7) is 6.55. The van der Waals surface area contributed by atoms with Gasteiger partial charge in [0.15, 0.2) is 0 Å². The second-order valence-electron chi connectivity index (χ2n) is 7.95. The van der Waals surface area contributed by atoms with Crippen LogP contribution < -0.4 is 11.1 Å². The van der Waals surface area contributed by atoms with E-state index in [1.165, 1.54) is 12.0 Å². The first-order valence-electron chi connectivity index (χ1n) is 9.70. The van der Waals surface area contributed by atoms with Crippen molar-refractivity contribution in [2.24, 2.45) is 17.6 Å². The molecule has 4 heteroatoms. The van der Waals surface area contributed by atoms with E-state index in [-0.39, 0.29) is 23.4 Å². The number of benzene rings is 1. The maximum atomic E-state index is 12.2. The normalized spacial score (nSPS) is 18.5. The largest absolute Gasteiger partial charge is 0.341 e. The Bertz CT molecular complexity index is 552. The van der Waals surface area contributed by atoms with E-state index in [2.05, 4.69) is 38.2 Å². The Morgan fingerprint density at radius 2 is 1.92 bits per heavy atom. The van der Waals surface area contributed by atoms with Gasteiger partial charge in [0.1, 0.15) is 0 Å². The third-order valence-electron chi connectivity index (χ3n) is 5.62. The van der Waals surface area contributed by atoms with Crippen molar-refractivity contribution in [3.8, 4) is 0 Å². The van der Waals surface area contributed by atoms with Crippen LogP contribution in [0.3, 0.4) is 0 Å². The number of carbonyl (C=O) groups excluding carboxylic acids is 1.